The van der Waals surface area contributed by atoms with Gasteiger partial charge in [0, 0.05) is 39.6 Å². The molecule has 4 aromatic carbocycles. The predicted octanol–water partition coefficient (Wildman–Crippen LogP) is 9.40. The van der Waals surface area contributed by atoms with Crippen molar-refractivity contribution in [2.75, 3.05) is 0 Å². The maximum Gasteiger partial charge on any atom is 0.190 e. The Balaban J connectivity index is 1.45. The van der Waals surface area contributed by atoms with Crippen molar-refractivity contribution in [1.29, 1.82) is 0 Å². The van der Waals surface area contributed by atoms with E-state index in [1.165, 1.54) is 0 Å². The van der Waals surface area contributed by atoms with Gasteiger partial charge in [-0.25, -0.2) is 0 Å². The molecule has 0 unspecified atom stereocenters. The number of benzene rings is 4. The van der Waals surface area contributed by atoms with Crippen molar-refractivity contribution in [3.8, 4) is 0 Å². The molecule has 6 rings (SSSR count). The lowest BCUT2D eigenvalue weighted by atomic mass is 9.95. The van der Waals surface area contributed by atoms with Crippen LogP contribution in [0.5, 0.6) is 0 Å². The zero-order chi connectivity index (χ0) is 27.8. The fraction of sp³-hybridized carbons (Fsp3) is 0.0556. The Kier molecular flexibility index (Phi) is 6.98. The number of hydrogen-bond acceptors (Lipinski definition) is 2. The summed E-state index contributed by atoms with van der Waals surface area (Å²) >= 11 is 13.2. The van der Waals surface area contributed by atoms with Gasteiger partial charge in [0.05, 0.1) is 0 Å². The van der Waals surface area contributed by atoms with Gasteiger partial charge in [-0.3, -0.25) is 9.59 Å². The quantitative estimate of drug-likeness (QED) is 0.228. The first-order chi connectivity index (χ1) is 19.4. The van der Waals surface area contributed by atoms with E-state index in [9.17, 15) is 9.59 Å². The Morgan fingerprint density at radius 2 is 1.23 bits per heavy atom. The molecule has 0 amide bonds. The second-order valence-corrected chi connectivity index (χ2v) is 10.8. The van der Waals surface area contributed by atoms with E-state index in [0.717, 1.165) is 39.0 Å². The van der Waals surface area contributed by atoms with Crippen LogP contribution in [0.15, 0.2) is 121 Å². The molecule has 2 aliphatic rings. The van der Waals surface area contributed by atoms with E-state index in [-0.39, 0.29) is 11.6 Å². The van der Waals surface area contributed by atoms with E-state index >= 15 is 0 Å². The largest absolute Gasteiger partial charge is 0.289 e. The molecule has 0 bridgehead atoms. The van der Waals surface area contributed by atoms with Crippen LogP contribution in [0.25, 0.3) is 28.4 Å². The average Bonchev–Trinajstić information content (AvgIpc) is 3.44. The van der Waals surface area contributed by atoms with E-state index < -0.39 is 0 Å². The van der Waals surface area contributed by atoms with Gasteiger partial charge in [0.2, 0.25) is 0 Å². The molecule has 0 N–H and O–H groups in total. The fourth-order valence-electron chi connectivity index (χ4n) is 5.54. The molecule has 0 radical (unpaired) electrons. The monoisotopic (exact) mass is 558 g/mol. The second-order valence-electron chi connectivity index (χ2n) is 9.98. The molecule has 4 aromatic rings. The van der Waals surface area contributed by atoms with Crippen molar-refractivity contribution in [2.24, 2.45) is 0 Å². The van der Waals surface area contributed by atoms with E-state index in [1.807, 2.05) is 109 Å². The average molecular weight is 559 g/mol. The lowest BCUT2D eigenvalue weighted by Crippen LogP contribution is -1.99. The molecule has 2 aliphatic carbocycles. The first-order valence-corrected chi connectivity index (χ1v) is 13.8. The lowest BCUT2D eigenvalue weighted by molar-refractivity contribution is -0.111. The topological polar surface area (TPSA) is 34.1 Å². The number of halogens is 2. The van der Waals surface area contributed by atoms with Crippen LogP contribution >= 0.6 is 23.2 Å². The predicted molar refractivity (Wildman–Crippen MR) is 166 cm³/mol. The summed E-state index contributed by atoms with van der Waals surface area (Å²) in [6.45, 7) is 4.01. The summed E-state index contributed by atoms with van der Waals surface area (Å²) in [6, 6.07) is 32.6. The third-order valence-electron chi connectivity index (χ3n) is 7.36. The zero-order valence-corrected chi connectivity index (χ0v) is 23.1. The summed E-state index contributed by atoms with van der Waals surface area (Å²) in [5.41, 5.74) is 8.53. The summed E-state index contributed by atoms with van der Waals surface area (Å²) in [6.07, 6.45) is 2.80. The number of ketones is 2. The number of rotatable bonds is 5. The van der Waals surface area contributed by atoms with Gasteiger partial charge in [0.25, 0.3) is 0 Å². The number of carbonyl (C=O) groups excluding carboxylic acids is 2. The summed E-state index contributed by atoms with van der Waals surface area (Å²) < 4.78 is 0. The number of hydrogen-bond donors (Lipinski definition) is 0. The smallest absolute Gasteiger partial charge is 0.190 e. The third kappa shape index (κ3) is 4.81. The molecule has 0 aliphatic heterocycles. The van der Waals surface area contributed by atoms with Gasteiger partial charge >= 0.3 is 0 Å². The maximum absolute atomic E-state index is 13.9. The molecule has 2 nitrogen and oxygen atoms in total. The highest BCUT2D eigenvalue weighted by molar-refractivity contribution is 6.41. The highest BCUT2D eigenvalue weighted by Crippen LogP contribution is 2.44. The Morgan fingerprint density at radius 3 is 1.88 bits per heavy atom. The number of carbonyl (C=O) groups is 2. The van der Waals surface area contributed by atoms with Crippen molar-refractivity contribution in [3.05, 3.63) is 159 Å². The Labute approximate surface area is 243 Å². The molecule has 0 fully saturated rings. The van der Waals surface area contributed by atoms with Crippen LogP contribution in [0.3, 0.4) is 0 Å². The van der Waals surface area contributed by atoms with Gasteiger partial charge < -0.3 is 0 Å². The second kappa shape index (κ2) is 10.7. The first kappa shape index (κ1) is 26.0. The molecule has 194 valence electrons. The molecular weight excluding hydrogens is 535 g/mol. The van der Waals surface area contributed by atoms with Crippen LogP contribution < -0.4 is 0 Å². The fourth-order valence-corrected chi connectivity index (χ4v) is 6.04. The van der Waals surface area contributed by atoms with Crippen LogP contribution in [-0.4, -0.2) is 11.6 Å². The molecule has 0 saturated carbocycles. The minimum absolute atomic E-state index is 0.0312. The van der Waals surface area contributed by atoms with Crippen LogP contribution in [-0.2, 0) is 9.59 Å². The zero-order valence-electron chi connectivity index (χ0n) is 21.6. The normalized spacial score (nSPS) is 16.6. The lowest BCUT2D eigenvalue weighted by Gasteiger charge is -2.09. The highest BCUT2D eigenvalue weighted by Gasteiger charge is 2.31. The van der Waals surface area contributed by atoms with Gasteiger partial charge in [-0.15, -0.1) is 0 Å². The summed E-state index contributed by atoms with van der Waals surface area (Å²) in [5.74, 6) is -0.0793. The Morgan fingerprint density at radius 1 is 0.625 bits per heavy atom. The van der Waals surface area contributed by atoms with Crippen molar-refractivity contribution < 1.29 is 9.59 Å². The summed E-state index contributed by atoms with van der Waals surface area (Å²) in [7, 11) is 0. The Bertz CT molecular complexity index is 1790. The molecule has 40 heavy (non-hydrogen) atoms. The summed E-state index contributed by atoms with van der Waals surface area (Å²) in [5, 5.41) is 1.14. The van der Waals surface area contributed by atoms with Crippen LogP contribution in [0.1, 0.15) is 40.7 Å². The van der Waals surface area contributed by atoms with Crippen LogP contribution in [0, 0.1) is 0 Å². The van der Waals surface area contributed by atoms with Crippen molar-refractivity contribution in [1.82, 2.24) is 0 Å². The van der Waals surface area contributed by atoms with Gasteiger partial charge in [0.15, 0.2) is 11.6 Å². The maximum atomic E-state index is 13.9. The minimum Gasteiger partial charge on any atom is -0.289 e. The first-order valence-electron chi connectivity index (χ1n) is 13.0. The molecule has 4 heteroatoms. The standard InChI is InChI=1S/C36H24Cl2O2/c1-22-16-30(33(35(22)39)24-10-4-2-5-11-24)26-17-23(19-28(37)20-26)18-27-21-31(29-14-8-9-15-32(29)38)34(36(27)40)25-12-6-3-7-13-25/h2-15,17-20H,1,16,21H2/b27-18+. The van der Waals surface area contributed by atoms with E-state index in [2.05, 4.69) is 6.58 Å². The molecule has 0 spiro atoms. The van der Waals surface area contributed by atoms with E-state index in [1.54, 1.807) is 0 Å². The van der Waals surface area contributed by atoms with Gasteiger partial charge in [-0.2, -0.15) is 0 Å². The van der Waals surface area contributed by atoms with Crippen LogP contribution in [0.2, 0.25) is 10.0 Å². The minimum atomic E-state index is -0.0480. The van der Waals surface area contributed by atoms with Crippen molar-refractivity contribution in [2.45, 2.75) is 12.8 Å². The molecule has 0 saturated heterocycles. The van der Waals surface area contributed by atoms with Gasteiger partial charge in [-0.05, 0) is 74.9 Å². The van der Waals surface area contributed by atoms with Crippen molar-refractivity contribution >= 4 is 63.1 Å². The summed E-state index contributed by atoms with van der Waals surface area (Å²) in [4.78, 5) is 27.0. The van der Waals surface area contributed by atoms with Gasteiger partial charge in [-0.1, -0.05) is 109 Å². The van der Waals surface area contributed by atoms with Crippen molar-refractivity contribution in [3.63, 3.8) is 0 Å². The van der Waals surface area contributed by atoms with Crippen LogP contribution in [0.4, 0.5) is 0 Å². The van der Waals surface area contributed by atoms with E-state index in [4.69, 9.17) is 23.2 Å². The van der Waals surface area contributed by atoms with Gasteiger partial charge in [0.1, 0.15) is 0 Å². The SMILES string of the molecule is C=C1CC(c2cc(Cl)cc(/C=C3\CC(c4ccccc4Cl)=C(c4ccccc4)C3=O)c2)=C(c2ccccc2)C1=O. The Hall–Kier alpha value is -4.24. The van der Waals surface area contributed by atoms with E-state index in [0.29, 0.717) is 45.2 Å². The molecule has 0 aromatic heterocycles. The molecule has 0 atom stereocenters. The third-order valence-corrected chi connectivity index (χ3v) is 7.91. The highest BCUT2D eigenvalue weighted by atomic mass is 35.5. The number of allylic oxidation sites excluding steroid dienone is 6. The number of Topliss-reactive ketones (excluding diaryl/α,β-unsaturated/α-hetero) is 2. The molecule has 0 heterocycles. The molecular formula is C36H24Cl2O2.